The van der Waals surface area contributed by atoms with E-state index in [1.165, 1.54) is 19.3 Å². The summed E-state index contributed by atoms with van der Waals surface area (Å²) in [6.45, 7) is 7.35. The van der Waals surface area contributed by atoms with Crippen LogP contribution >= 0.6 is 0 Å². The van der Waals surface area contributed by atoms with Gasteiger partial charge < -0.3 is 5.73 Å². The number of nitrogens with two attached hydrogens (primary N) is 1. The van der Waals surface area contributed by atoms with Crippen LogP contribution < -0.4 is 5.73 Å². The highest BCUT2D eigenvalue weighted by Gasteiger charge is 1.98. The van der Waals surface area contributed by atoms with E-state index in [-0.39, 0.29) is 0 Å². The second-order valence-electron chi connectivity index (χ2n) is 3.21. The van der Waals surface area contributed by atoms with Crippen molar-refractivity contribution in [2.24, 2.45) is 5.73 Å². The number of hydrogen-bond donors (Lipinski definition) is 1. The molecule has 0 aromatic rings. The first-order valence-electron chi connectivity index (χ1n) is 4.78. The summed E-state index contributed by atoms with van der Waals surface area (Å²) in [4.78, 5) is 0. The van der Waals surface area contributed by atoms with Gasteiger partial charge in [-0.15, -0.1) is 13.2 Å². The third-order valence-corrected chi connectivity index (χ3v) is 1.95. The predicted molar refractivity (Wildman–Crippen MR) is 56.1 cm³/mol. The summed E-state index contributed by atoms with van der Waals surface area (Å²) >= 11 is 0. The normalized spacial score (nSPS) is 12.4. The largest absolute Gasteiger partial charge is 0.327 e. The van der Waals surface area contributed by atoms with Crippen LogP contribution in [0.4, 0.5) is 0 Å². The summed E-state index contributed by atoms with van der Waals surface area (Å²) in [7, 11) is 0. The van der Waals surface area contributed by atoms with Crippen molar-refractivity contribution >= 4 is 0 Å². The summed E-state index contributed by atoms with van der Waals surface area (Å²) in [6, 6.07) is 0.325. The minimum Gasteiger partial charge on any atom is -0.327 e. The van der Waals surface area contributed by atoms with Gasteiger partial charge in [0.15, 0.2) is 0 Å². The summed E-state index contributed by atoms with van der Waals surface area (Å²) in [5.74, 6) is 0. The van der Waals surface area contributed by atoms with E-state index in [0.29, 0.717) is 6.04 Å². The summed E-state index contributed by atoms with van der Waals surface area (Å²) in [5, 5.41) is 0. The first-order chi connectivity index (χ1) is 5.81. The standard InChI is InChI=1S/C11H21N/c1-3-5-6-7-8-10-11(12)9-4-2/h3-4,11H,1-2,5-10,12H2. The third-order valence-electron chi connectivity index (χ3n) is 1.95. The zero-order chi connectivity index (χ0) is 9.23. The molecule has 1 atom stereocenters. The van der Waals surface area contributed by atoms with Crippen LogP contribution in [0.25, 0.3) is 0 Å². The summed E-state index contributed by atoms with van der Waals surface area (Å²) in [5.41, 5.74) is 5.81. The van der Waals surface area contributed by atoms with Gasteiger partial charge in [0.25, 0.3) is 0 Å². The Morgan fingerprint density at radius 1 is 1.08 bits per heavy atom. The van der Waals surface area contributed by atoms with Crippen LogP contribution in [0.3, 0.4) is 0 Å². The van der Waals surface area contributed by atoms with Crippen molar-refractivity contribution < 1.29 is 0 Å². The maximum absolute atomic E-state index is 5.81. The molecule has 0 amide bonds. The maximum Gasteiger partial charge on any atom is 0.00733 e. The third kappa shape index (κ3) is 7.55. The van der Waals surface area contributed by atoms with Gasteiger partial charge in [0.1, 0.15) is 0 Å². The monoisotopic (exact) mass is 167 g/mol. The lowest BCUT2D eigenvalue weighted by atomic mass is 10.1. The lowest BCUT2D eigenvalue weighted by Gasteiger charge is -2.07. The highest BCUT2D eigenvalue weighted by molar-refractivity contribution is 4.75. The van der Waals surface area contributed by atoms with Gasteiger partial charge in [-0.2, -0.15) is 0 Å². The van der Waals surface area contributed by atoms with Crippen molar-refractivity contribution in [2.45, 2.75) is 44.6 Å². The van der Waals surface area contributed by atoms with Gasteiger partial charge in [0, 0.05) is 6.04 Å². The van der Waals surface area contributed by atoms with E-state index in [9.17, 15) is 0 Å². The number of rotatable bonds is 8. The van der Waals surface area contributed by atoms with Gasteiger partial charge >= 0.3 is 0 Å². The Hall–Kier alpha value is -0.560. The molecule has 0 aromatic heterocycles. The van der Waals surface area contributed by atoms with Gasteiger partial charge in [0.05, 0.1) is 0 Å². The Bertz CT molecular complexity index is 118. The van der Waals surface area contributed by atoms with Gasteiger partial charge in [0.2, 0.25) is 0 Å². The van der Waals surface area contributed by atoms with Crippen LogP contribution in [0.2, 0.25) is 0 Å². The van der Waals surface area contributed by atoms with E-state index >= 15 is 0 Å². The average Bonchev–Trinajstić information content (AvgIpc) is 2.05. The molecule has 0 aromatic carbocycles. The molecule has 1 heteroatoms. The fourth-order valence-corrected chi connectivity index (χ4v) is 1.20. The average molecular weight is 167 g/mol. The van der Waals surface area contributed by atoms with Gasteiger partial charge in [-0.05, 0) is 25.7 Å². The van der Waals surface area contributed by atoms with Crippen molar-refractivity contribution in [3.63, 3.8) is 0 Å². The molecule has 0 bridgehead atoms. The zero-order valence-electron chi connectivity index (χ0n) is 7.97. The lowest BCUT2D eigenvalue weighted by Crippen LogP contribution is -2.18. The van der Waals surface area contributed by atoms with Gasteiger partial charge in [-0.1, -0.05) is 25.0 Å². The molecular formula is C11H21N. The molecule has 0 aliphatic heterocycles. The first kappa shape index (κ1) is 11.4. The van der Waals surface area contributed by atoms with E-state index in [1.54, 1.807) is 0 Å². The Morgan fingerprint density at radius 2 is 1.83 bits per heavy atom. The Kier molecular flexibility index (Phi) is 8.14. The highest BCUT2D eigenvalue weighted by Crippen LogP contribution is 2.06. The SMILES string of the molecule is C=CCCCCCC(N)CC=C. The molecule has 0 spiro atoms. The summed E-state index contributed by atoms with van der Waals surface area (Å²) in [6.07, 6.45) is 10.9. The smallest absolute Gasteiger partial charge is 0.00733 e. The van der Waals surface area contributed by atoms with Crippen LogP contribution in [-0.2, 0) is 0 Å². The van der Waals surface area contributed by atoms with Crippen molar-refractivity contribution in [2.75, 3.05) is 0 Å². The molecule has 12 heavy (non-hydrogen) atoms. The maximum atomic E-state index is 5.81. The van der Waals surface area contributed by atoms with Crippen molar-refractivity contribution in [1.29, 1.82) is 0 Å². The van der Waals surface area contributed by atoms with Crippen LogP contribution in [0.1, 0.15) is 38.5 Å². The zero-order valence-corrected chi connectivity index (χ0v) is 7.97. The van der Waals surface area contributed by atoms with E-state index in [1.807, 2.05) is 12.2 Å². The van der Waals surface area contributed by atoms with Crippen LogP contribution in [0.15, 0.2) is 25.3 Å². The molecule has 0 rings (SSSR count). The topological polar surface area (TPSA) is 26.0 Å². The molecule has 1 unspecified atom stereocenters. The molecule has 1 nitrogen and oxygen atoms in total. The highest BCUT2D eigenvalue weighted by atomic mass is 14.6. The van der Waals surface area contributed by atoms with Gasteiger partial charge in [-0.3, -0.25) is 0 Å². The molecule has 0 aliphatic rings. The fourth-order valence-electron chi connectivity index (χ4n) is 1.20. The lowest BCUT2D eigenvalue weighted by molar-refractivity contribution is 0.557. The molecule has 0 fully saturated rings. The molecule has 0 heterocycles. The molecule has 70 valence electrons. The van der Waals surface area contributed by atoms with Crippen LogP contribution in [0.5, 0.6) is 0 Å². The molecule has 0 saturated heterocycles. The Morgan fingerprint density at radius 3 is 2.42 bits per heavy atom. The van der Waals surface area contributed by atoms with E-state index in [4.69, 9.17) is 5.73 Å². The summed E-state index contributed by atoms with van der Waals surface area (Å²) < 4.78 is 0. The number of allylic oxidation sites excluding steroid dienone is 1. The van der Waals surface area contributed by atoms with E-state index in [2.05, 4.69) is 13.2 Å². The van der Waals surface area contributed by atoms with Crippen molar-refractivity contribution in [3.05, 3.63) is 25.3 Å². The van der Waals surface area contributed by atoms with Crippen LogP contribution in [0, 0.1) is 0 Å². The second kappa shape index (κ2) is 8.54. The fraction of sp³-hybridized carbons (Fsp3) is 0.636. The minimum atomic E-state index is 0.325. The minimum absolute atomic E-state index is 0.325. The number of unbranched alkanes of at least 4 members (excludes halogenated alkanes) is 3. The molecule has 2 N–H and O–H groups in total. The number of hydrogen-bond acceptors (Lipinski definition) is 1. The van der Waals surface area contributed by atoms with Gasteiger partial charge in [-0.25, -0.2) is 0 Å². The van der Waals surface area contributed by atoms with Crippen molar-refractivity contribution in [3.8, 4) is 0 Å². The second-order valence-corrected chi connectivity index (χ2v) is 3.21. The molecule has 0 radical (unpaired) electrons. The Labute approximate surface area is 76.3 Å². The first-order valence-corrected chi connectivity index (χ1v) is 4.78. The molecule has 0 saturated carbocycles. The van der Waals surface area contributed by atoms with E-state index < -0.39 is 0 Å². The molecular weight excluding hydrogens is 146 g/mol. The Balaban J connectivity index is 3.07. The predicted octanol–water partition coefficient (Wildman–Crippen LogP) is 3.03. The molecule has 0 aliphatic carbocycles. The van der Waals surface area contributed by atoms with Crippen molar-refractivity contribution in [1.82, 2.24) is 0 Å². The van der Waals surface area contributed by atoms with Crippen LogP contribution in [-0.4, -0.2) is 6.04 Å². The quantitative estimate of drug-likeness (QED) is 0.436. The van der Waals surface area contributed by atoms with E-state index in [0.717, 1.165) is 19.3 Å².